The van der Waals surface area contributed by atoms with Crippen LogP contribution in [0.25, 0.3) is 0 Å². The first-order chi connectivity index (χ1) is 15.8. The lowest BCUT2D eigenvalue weighted by molar-refractivity contribution is -0.143. The van der Waals surface area contributed by atoms with Crippen LogP contribution in [-0.4, -0.2) is 18.2 Å². The second-order valence-electron chi connectivity index (χ2n) is 7.21. The van der Waals surface area contributed by atoms with Crippen LogP contribution in [0.15, 0.2) is 40.9 Å². The maximum atomic E-state index is 13.0. The molecule has 1 aromatic heterocycles. The van der Waals surface area contributed by atoms with Crippen LogP contribution in [0.5, 0.6) is 11.5 Å². The van der Waals surface area contributed by atoms with Gasteiger partial charge in [-0.05, 0) is 50.2 Å². The number of ether oxygens (including phenoxy) is 2. The van der Waals surface area contributed by atoms with E-state index in [1.807, 2.05) is 0 Å². The summed E-state index contributed by atoms with van der Waals surface area (Å²) in [4.78, 5) is 12.6. The van der Waals surface area contributed by atoms with E-state index in [0.717, 1.165) is 0 Å². The van der Waals surface area contributed by atoms with Gasteiger partial charge in [-0.2, -0.15) is 26.3 Å². The van der Waals surface area contributed by atoms with Gasteiger partial charge in [-0.15, -0.1) is 0 Å². The number of methoxy groups -OCH3 is 1. The zero-order valence-electron chi connectivity index (χ0n) is 18.0. The monoisotopic (exact) mass is 488 g/mol. The van der Waals surface area contributed by atoms with E-state index in [9.17, 15) is 31.1 Å². The maximum absolute atomic E-state index is 13.0. The van der Waals surface area contributed by atoms with Crippen molar-refractivity contribution in [3.8, 4) is 11.5 Å². The molecule has 12 heteroatoms. The van der Waals surface area contributed by atoms with Gasteiger partial charge in [-0.25, -0.2) is 0 Å². The summed E-state index contributed by atoms with van der Waals surface area (Å²) in [6.45, 7) is 3.53. The Balaban J connectivity index is 1.83. The molecule has 1 amide bonds. The van der Waals surface area contributed by atoms with Crippen LogP contribution in [0.4, 0.5) is 32.0 Å². The van der Waals surface area contributed by atoms with Crippen molar-refractivity contribution in [2.24, 2.45) is 0 Å². The Hall–Kier alpha value is -3.70. The molecule has 0 atom stereocenters. The minimum Gasteiger partial charge on any atom is -0.493 e. The summed E-state index contributed by atoms with van der Waals surface area (Å²) in [5, 5.41) is 5.88. The van der Waals surface area contributed by atoms with Crippen molar-refractivity contribution in [1.82, 2.24) is 5.16 Å². The summed E-state index contributed by atoms with van der Waals surface area (Å²) in [7, 11) is 1.31. The van der Waals surface area contributed by atoms with Gasteiger partial charge in [0.1, 0.15) is 12.4 Å². The third kappa shape index (κ3) is 5.61. The number of alkyl halides is 6. The fraction of sp³-hybridized carbons (Fsp3) is 0.273. The van der Waals surface area contributed by atoms with Gasteiger partial charge in [0.2, 0.25) is 0 Å². The molecule has 1 N–H and O–H groups in total. The molecule has 34 heavy (non-hydrogen) atoms. The molecule has 0 saturated heterocycles. The molecular formula is C22H18F6N2O4. The number of halogens is 6. The summed E-state index contributed by atoms with van der Waals surface area (Å²) in [5.74, 6) is -0.00768. The van der Waals surface area contributed by atoms with Crippen LogP contribution in [0.1, 0.15) is 38.5 Å². The molecular weight excluding hydrogens is 470 g/mol. The second-order valence-corrected chi connectivity index (χ2v) is 7.21. The van der Waals surface area contributed by atoms with Crippen molar-refractivity contribution >= 4 is 11.6 Å². The molecule has 0 aliphatic carbocycles. The highest BCUT2D eigenvalue weighted by atomic mass is 19.4. The molecule has 0 spiro atoms. The predicted molar refractivity (Wildman–Crippen MR) is 108 cm³/mol. The number of nitrogens with one attached hydrogen (secondary N) is 1. The van der Waals surface area contributed by atoms with Crippen molar-refractivity contribution in [2.75, 3.05) is 12.4 Å². The molecule has 2 aromatic carbocycles. The number of amides is 1. The molecule has 1 heterocycles. The number of hydrogen-bond donors (Lipinski definition) is 1. The Morgan fingerprint density at radius 3 is 2.09 bits per heavy atom. The van der Waals surface area contributed by atoms with Crippen molar-refractivity contribution in [1.29, 1.82) is 0 Å². The van der Waals surface area contributed by atoms with E-state index in [1.165, 1.54) is 25.3 Å². The Labute approximate surface area is 189 Å². The molecule has 182 valence electrons. The molecule has 0 radical (unpaired) electrons. The van der Waals surface area contributed by atoms with Crippen molar-refractivity contribution < 1.29 is 45.1 Å². The molecule has 0 fully saturated rings. The van der Waals surface area contributed by atoms with E-state index in [0.29, 0.717) is 29.2 Å². The number of nitrogens with zero attached hydrogens (tertiary/aromatic N) is 1. The Morgan fingerprint density at radius 1 is 0.971 bits per heavy atom. The van der Waals surface area contributed by atoms with E-state index < -0.39 is 35.1 Å². The van der Waals surface area contributed by atoms with Crippen LogP contribution in [0.2, 0.25) is 0 Å². The number of benzene rings is 2. The largest absolute Gasteiger partial charge is 0.493 e. The predicted octanol–water partition coefficient (Wildman–Crippen LogP) is 6.17. The van der Waals surface area contributed by atoms with Crippen LogP contribution in [-0.2, 0) is 19.0 Å². The second kappa shape index (κ2) is 9.27. The van der Waals surface area contributed by atoms with Gasteiger partial charge in [0.15, 0.2) is 11.5 Å². The molecule has 0 unspecified atom stereocenters. The van der Waals surface area contributed by atoms with Crippen LogP contribution >= 0.6 is 0 Å². The Bertz CT molecular complexity index is 1150. The minimum absolute atomic E-state index is 0.0240. The Morgan fingerprint density at radius 2 is 1.59 bits per heavy atom. The fourth-order valence-corrected chi connectivity index (χ4v) is 3.02. The number of carbonyl (C=O) groups excluding carboxylic acids is 1. The minimum atomic E-state index is -5.04. The quantitative estimate of drug-likeness (QED) is 0.420. The topological polar surface area (TPSA) is 73.6 Å². The van der Waals surface area contributed by atoms with E-state index in [1.54, 1.807) is 13.8 Å². The van der Waals surface area contributed by atoms with E-state index in [-0.39, 0.29) is 29.7 Å². The molecule has 0 bridgehead atoms. The van der Waals surface area contributed by atoms with Gasteiger partial charge in [0, 0.05) is 11.3 Å². The molecule has 3 rings (SSSR count). The van der Waals surface area contributed by atoms with Crippen molar-refractivity contribution in [3.63, 3.8) is 0 Å². The number of carbonyl (C=O) groups is 1. The first-order valence-corrected chi connectivity index (χ1v) is 9.63. The van der Waals surface area contributed by atoms with Gasteiger partial charge in [0.25, 0.3) is 5.91 Å². The van der Waals surface area contributed by atoms with Crippen LogP contribution < -0.4 is 14.8 Å². The van der Waals surface area contributed by atoms with E-state index in [2.05, 4.69) is 10.5 Å². The average molecular weight is 488 g/mol. The summed E-state index contributed by atoms with van der Waals surface area (Å²) >= 11 is 0. The summed E-state index contributed by atoms with van der Waals surface area (Å²) < 4.78 is 94.2. The fourth-order valence-electron chi connectivity index (χ4n) is 3.02. The lowest BCUT2D eigenvalue weighted by Gasteiger charge is -2.15. The SMILES string of the molecule is COc1cc(C(=O)Nc2cc(C(F)(F)F)cc(C(F)(F)F)c2)ccc1OCc1c(C)noc1C. The maximum Gasteiger partial charge on any atom is 0.416 e. The van der Waals surface area contributed by atoms with Gasteiger partial charge in [-0.1, -0.05) is 5.16 Å². The number of rotatable bonds is 6. The van der Waals surface area contributed by atoms with Crippen LogP contribution in [0, 0.1) is 13.8 Å². The zero-order valence-corrected chi connectivity index (χ0v) is 18.0. The first-order valence-electron chi connectivity index (χ1n) is 9.63. The highest BCUT2D eigenvalue weighted by molar-refractivity contribution is 6.04. The summed E-state index contributed by atoms with van der Waals surface area (Å²) in [6.07, 6.45) is -10.1. The highest BCUT2D eigenvalue weighted by Crippen LogP contribution is 2.38. The lowest BCUT2D eigenvalue weighted by atomic mass is 10.1. The third-order valence-electron chi connectivity index (χ3n) is 4.82. The van der Waals surface area contributed by atoms with Gasteiger partial charge < -0.3 is 19.3 Å². The van der Waals surface area contributed by atoms with Gasteiger partial charge in [-0.3, -0.25) is 4.79 Å². The highest BCUT2D eigenvalue weighted by Gasteiger charge is 2.37. The van der Waals surface area contributed by atoms with E-state index >= 15 is 0 Å². The standard InChI is InChI=1S/C22H18F6N2O4/c1-11-17(12(2)34-30-11)10-33-18-5-4-13(6-19(18)32-3)20(31)29-16-8-14(21(23,24)25)7-15(9-16)22(26,27)28/h4-9H,10H2,1-3H3,(H,29,31). The van der Waals surface area contributed by atoms with Gasteiger partial charge in [0.05, 0.1) is 29.5 Å². The molecule has 0 aliphatic heterocycles. The van der Waals surface area contributed by atoms with Crippen LogP contribution in [0.3, 0.4) is 0 Å². The zero-order chi connectivity index (χ0) is 25.3. The van der Waals surface area contributed by atoms with Crippen molar-refractivity contribution in [3.05, 3.63) is 70.1 Å². The summed E-state index contributed by atoms with van der Waals surface area (Å²) in [6, 6.07) is 4.75. The Kier molecular flexibility index (Phi) is 6.80. The lowest BCUT2D eigenvalue weighted by Crippen LogP contribution is -2.16. The molecule has 0 saturated carbocycles. The van der Waals surface area contributed by atoms with E-state index in [4.69, 9.17) is 14.0 Å². The normalized spacial score (nSPS) is 11.9. The number of aryl methyl sites for hydroxylation is 2. The van der Waals surface area contributed by atoms with Gasteiger partial charge >= 0.3 is 12.4 Å². The summed E-state index contributed by atoms with van der Waals surface area (Å²) in [5.41, 5.74) is -2.48. The number of anilines is 1. The number of hydrogen-bond acceptors (Lipinski definition) is 5. The smallest absolute Gasteiger partial charge is 0.416 e. The molecule has 3 aromatic rings. The third-order valence-corrected chi connectivity index (χ3v) is 4.82. The number of aromatic nitrogens is 1. The molecule has 6 nitrogen and oxygen atoms in total. The van der Waals surface area contributed by atoms with Crippen molar-refractivity contribution in [2.45, 2.75) is 32.8 Å². The first kappa shape index (κ1) is 24.9. The molecule has 0 aliphatic rings. The average Bonchev–Trinajstić information content (AvgIpc) is 3.07.